The van der Waals surface area contributed by atoms with Gasteiger partial charge in [0.2, 0.25) is 0 Å². The molecule has 0 saturated carbocycles. The molecular formula is C17H25N5. The van der Waals surface area contributed by atoms with Crippen LogP contribution in [-0.4, -0.2) is 40.2 Å². The van der Waals surface area contributed by atoms with Crippen molar-refractivity contribution in [2.45, 2.75) is 44.7 Å². The van der Waals surface area contributed by atoms with E-state index in [2.05, 4.69) is 26.3 Å². The zero-order valence-corrected chi connectivity index (χ0v) is 13.1. The van der Waals surface area contributed by atoms with Crippen LogP contribution < -0.4 is 10.6 Å². The molecule has 2 unspecified atom stereocenters. The van der Waals surface area contributed by atoms with Crippen LogP contribution in [0, 0.1) is 5.92 Å². The molecule has 2 saturated heterocycles. The number of piperidine rings is 1. The molecule has 2 aromatic heterocycles. The molecular weight excluding hydrogens is 274 g/mol. The van der Waals surface area contributed by atoms with Gasteiger partial charge in [-0.1, -0.05) is 0 Å². The second-order valence-electron chi connectivity index (χ2n) is 6.69. The van der Waals surface area contributed by atoms with E-state index in [-0.39, 0.29) is 0 Å². The minimum Gasteiger partial charge on any atom is -0.316 e. The lowest BCUT2D eigenvalue weighted by Gasteiger charge is -2.24. The summed E-state index contributed by atoms with van der Waals surface area (Å²) >= 11 is 0. The lowest BCUT2D eigenvalue weighted by Crippen LogP contribution is -2.33. The van der Waals surface area contributed by atoms with Crippen LogP contribution in [0.4, 0.5) is 0 Å². The van der Waals surface area contributed by atoms with E-state index < -0.39 is 0 Å². The Morgan fingerprint density at radius 1 is 1.23 bits per heavy atom. The van der Waals surface area contributed by atoms with Crippen molar-refractivity contribution >= 4 is 11.2 Å². The van der Waals surface area contributed by atoms with Crippen LogP contribution in [0.2, 0.25) is 0 Å². The van der Waals surface area contributed by atoms with Gasteiger partial charge in [-0.05, 0) is 63.4 Å². The van der Waals surface area contributed by atoms with E-state index in [4.69, 9.17) is 4.98 Å². The molecule has 2 aromatic rings. The molecule has 0 aromatic carbocycles. The minimum absolute atomic E-state index is 0.583. The zero-order valence-electron chi connectivity index (χ0n) is 13.1. The number of imidazole rings is 1. The van der Waals surface area contributed by atoms with Crippen molar-refractivity contribution in [3.8, 4) is 0 Å². The van der Waals surface area contributed by atoms with Crippen molar-refractivity contribution in [2.75, 3.05) is 19.6 Å². The SMILES string of the molecule is c1cnc2c(c1)nc(CC1CCCN1)n2CC1CCCNC1. The third kappa shape index (κ3) is 2.88. The molecule has 5 nitrogen and oxygen atoms in total. The fourth-order valence-electron chi connectivity index (χ4n) is 3.84. The van der Waals surface area contributed by atoms with Crippen molar-refractivity contribution in [2.24, 2.45) is 5.92 Å². The third-order valence-electron chi connectivity index (χ3n) is 5.01. The van der Waals surface area contributed by atoms with Crippen LogP contribution in [0.5, 0.6) is 0 Å². The van der Waals surface area contributed by atoms with Crippen molar-refractivity contribution in [1.29, 1.82) is 0 Å². The standard InChI is InChI=1S/C17H25N5/c1-4-13(11-18-7-1)12-22-16(10-14-5-2-8-19-14)21-15-6-3-9-20-17(15)22/h3,6,9,13-14,18-19H,1-2,4-5,7-8,10-12H2. The lowest BCUT2D eigenvalue weighted by molar-refractivity contribution is 0.335. The summed E-state index contributed by atoms with van der Waals surface area (Å²) < 4.78 is 2.38. The molecule has 2 aliphatic rings. The molecule has 5 heteroatoms. The van der Waals surface area contributed by atoms with Crippen LogP contribution in [0.3, 0.4) is 0 Å². The Labute approximate surface area is 131 Å². The summed E-state index contributed by atoms with van der Waals surface area (Å²) in [4.78, 5) is 9.48. The molecule has 2 fully saturated rings. The van der Waals surface area contributed by atoms with Crippen LogP contribution >= 0.6 is 0 Å². The Hall–Kier alpha value is -1.46. The maximum Gasteiger partial charge on any atom is 0.159 e. The van der Waals surface area contributed by atoms with Crippen molar-refractivity contribution in [1.82, 2.24) is 25.2 Å². The Kier molecular flexibility index (Phi) is 4.08. The maximum atomic E-state index is 4.88. The molecule has 0 spiro atoms. The van der Waals surface area contributed by atoms with E-state index in [0.29, 0.717) is 12.0 Å². The monoisotopic (exact) mass is 299 g/mol. The molecule has 0 aliphatic carbocycles. The predicted molar refractivity (Wildman–Crippen MR) is 87.9 cm³/mol. The molecule has 0 radical (unpaired) electrons. The highest BCUT2D eigenvalue weighted by molar-refractivity contribution is 5.71. The summed E-state index contributed by atoms with van der Waals surface area (Å²) in [6, 6.07) is 4.66. The van der Waals surface area contributed by atoms with Gasteiger partial charge in [-0.2, -0.15) is 0 Å². The van der Waals surface area contributed by atoms with Gasteiger partial charge in [-0.3, -0.25) is 0 Å². The van der Waals surface area contributed by atoms with Crippen molar-refractivity contribution < 1.29 is 0 Å². The van der Waals surface area contributed by atoms with Crippen LogP contribution in [0.15, 0.2) is 18.3 Å². The fraction of sp³-hybridized carbons (Fsp3) is 0.647. The fourth-order valence-corrected chi connectivity index (χ4v) is 3.84. The Morgan fingerprint density at radius 3 is 3.00 bits per heavy atom. The second-order valence-corrected chi connectivity index (χ2v) is 6.69. The first kappa shape index (κ1) is 14.2. The molecule has 2 aliphatic heterocycles. The van der Waals surface area contributed by atoms with E-state index in [1.165, 1.54) is 31.5 Å². The largest absolute Gasteiger partial charge is 0.316 e. The van der Waals surface area contributed by atoms with Gasteiger partial charge in [0.15, 0.2) is 5.65 Å². The van der Waals surface area contributed by atoms with Crippen molar-refractivity contribution in [3.63, 3.8) is 0 Å². The number of hydrogen-bond acceptors (Lipinski definition) is 4. The van der Waals surface area contributed by atoms with Crippen LogP contribution in [-0.2, 0) is 13.0 Å². The van der Waals surface area contributed by atoms with Gasteiger partial charge >= 0.3 is 0 Å². The predicted octanol–water partition coefficient (Wildman–Crippen LogP) is 1.73. The molecule has 0 amide bonds. The lowest BCUT2D eigenvalue weighted by atomic mass is 9.99. The first-order chi connectivity index (χ1) is 10.9. The summed E-state index contributed by atoms with van der Waals surface area (Å²) in [7, 11) is 0. The highest BCUT2D eigenvalue weighted by atomic mass is 15.1. The molecule has 0 bridgehead atoms. The average Bonchev–Trinajstić information content (AvgIpc) is 3.18. The van der Waals surface area contributed by atoms with E-state index >= 15 is 0 Å². The minimum atomic E-state index is 0.583. The number of pyridine rings is 1. The quantitative estimate of drug-likeness (QED) is 0.903. The topological polar surface area (TPSA) is 54.8 Å². The summed E-state index contributed by atoms with van der Waals surface area (Å²) in [6.07, 6.45) is 8.05. The van der Waals surface area contributed by atoms with Gasteiger partial charge in [0, 0.05) is 25.2 Å². The smallest absolute Gasteiger partial charge is 0.159 e. The highest BCUT2D eigenvalue weighted by Crippen LogP contribution is 2.21. The Balaban J connectivity index is 1.63. The Bertz CT molecular complexity index is 623. The van der Waals surface area contributed by atoms with E-state index in [1.807, 2.05) is 12.3 Å². The van der Waals surface area contributed by atoms with Gasteiger partial charge in [-0.15, -0.1) is 0 Å². The third-order valence-corrected chi connectivity index (χ3v) is 5.01. The van der Waals surface area contributed by atoms with E-state index in [0.717, 1.165) is 43.8 Å². The average molecular weight is 299 g/mol. The summed E-state index contributed by atoms with van der Waals surface area (Å²) in [5, 5.41) is 7.12. The molecule has 22 heavy (non-hydrogen) atoms. The van der Waals surface area contributed by atoms with Crippen molar-refractivity contribution in [3.05, 3.63) is 24.2 Å². The van der Waals surface area contributed by atoms with E-state index in [1.54, 1.807) is 0 Å². The second kappa shape index (κ2) is 6.34. The number of aromatic nitrogens is 3. The maximum absolute atomic E-state index is 4.88. The zero-order chi connectivity index (χ0) is 14.8. The van der Waals surface area contributed by atoms with Gasteiger partial charge < -0.3 is 15.2 Å². The number of fused-ring (bicyclic) bond motifs is 1. The summed E-state index contributed by atoms with van der Waals surface area (Å²) in [5.74, 6) is 1.90. The highest BCUT2D eigenvalue weighted by Gasteiger charge is 2.22. The number of rotatable bonds is 4. The number of nitrogens with one attached hydrogen (secondary N) is 2. The first-order valence-corrected chi connectivity index (χ1v) is 8.64. The molecule has 2 atom stereocenters. The number of hydrogen-bond donors (Lipinski definition) is 2. The van der Waals surface area contributed by atoms with Gasteiger partial charge in [-0.25, -0.2) is 9.97 Å². The molecule has 4 heterocycles. The molecule has 118 valence electrons. The summed E-state index contributed by atoms with van der Waals surface area (Å²) in [6.45, 7) is 4.48. The van der Waals surface area contributed by atoms with E-state index in [9.17, 15) is 0 Å². The van der Waals surface area contributed by atoms with Crippen LogP contribution in [0.1, 0.15) is 31.5 Å². The molecule has 4 rings (SSSR count). The van der Waals surface area contributed by atoms with Gasteiger partial charge in [0.1, 0.15) is 11.3 Å². The summed E-state index contributed by atoms with van der Waals surface area (Å²) in [5.41, 5.74) is 2.10. The number of nitrogens with zero attached hydrogens (tertiary/aromatic N) is 3. The normalized spacial score (nSPS) is 25.8. The molecule has 2 N–H and O–H groups in total. The van der Waals surface area contributed by atoms with Gasteiger partial charge in [0.05, 0.1) is 0 Å². The first-order valence-electron chi connectivity index (χ1n) is 8.64. The van der Waals surface area contributed by atoms with Crippen LogP contribution in [0.25, 0.3) is 11.2 Å². The van der Waals surface area contributed by atoms with Gasteiger partial charge in [0.25, 0.3) is 0 Å². The Morgan fingerprint density at radius 2 is 2.18 bits per heavy atom.